The number of halogens is 1. The SMILES string of the molecule is C=C/C=C(\c1cc(OC)c(OCC2(N)CC2)cc1C)N(C)c1ccc2[nH]c(C)cc2c1F. The van der Waals surface area contributed by atoms with Gasteiger partial charge in [-0.1, -0.05) is 12.7 Å². The number of aromatic nitrogens is 1. The molecule has 0 saturated heterocycles. The van der Waals surface area contributed by atoms with Crippen molar-refractivity contribution in [3.63, 3.8) is 0 Å². The molecule has 0 amide bonds. The Hall–Kier alpha value is -3.25. The van der Waals surface area contributed by atoms with Gasteiger partial charge in [0.2, 0.25) is 0 Å². The summed E-state index contributed by atoms with van der Waals surface area (Å²) in [6.07, 6.45) is 5.51. The van der Waals surface area contributed by atoms with Crippen LogP contribution in [-0.4, -0.2) is 31.3 Å². The second-order valence-corrected chi connectivity index (χ2v) is 8.63. The molecule has 0 atom stereocenters. The summed E-state index contributed by atoms with van der Waals surface area (Å²) in [6.45, 7) is 8.23. The number of fused-ring (bicyclic) bond motifs is 1. The van der Waals surface area contributed by atoms with E-state index >= 15 is 4.39 Å². The van der Waals surface area contributed by atoms with Gasteiger partial charge in [0.15, 0.2) is 17.3 Å². The summed E-state index contributed by atoms with van der Waals surface area (Å²) in [6, 6.07) is 9.37. The first-order valence-electron chi connectivity index (χ1n) is 10.7. The first kappa shape index (κ1) is 22.0. The van der Waals surface area contributed by atoms with Gasteiger partial charge in [-0.15, -0.1) is 0 Å². The van der Waals surface area contributed by atoms with E-state index in [1.807, 2.05) is 56.1 Å². The minimum Gasteiger partial charge on any atom is -0.493 e. The average molecular weight is 436 g/mol. The van der Waals surface area contributed by atoms with E-state index in [1.165, 1.54) is 0 Å². The van der Waals surface area contributed by atoms with Crippen molar-refractivity contribution in [3.8, 4) is 11.5 Å². The fourth-order valence-corrected chi connectivity index (χ4v) is 3.92. The average Bonchev–Trinajstić information content (AvgIpc) is 3.37. The number of nitrogens with one attached hydrogen (secondary N) is 1. The summed E-state index contributed by atoms with van der Waals surface area (Å²) in [4.78, 5) is 5.01. The van der Waals surface area contributed by atoms with E-state index in [9.17, 15) is 0 Å². The van der Waals surface area contributed by atoms with Gasteiger partial charge in [-0.3, -0.25) is 0 Å². The Bertz CT molecular complexity index is 1210. The van der Waals surface area contributed by atoms with Crippen LogP contribution in [0.25, 0.3) is 16.6 Å². The first-order chi connectivity index (χ1) is 15.3. The highest BCUT2D eigenvalue weighted by Gasteiger charge is 2.39. The van der Waals surface area contributed by atoms with Crippen LogP contribution in [0, 0.1) is 19.7 Å². The Labute approximate surface area is 188 Å². The van der Waals surface area contributed by atoms with Gasteiger partial charge in [0.1, 0.15) is 6.61 Å². The molecule has 3 N–H and O–H groups in total. The van der Waals surface area contributed by atoms with Crippen molar-refractivity contribution < 1.29 is 13.9 Å². The molecule has 0 bridgehead atoms. The molecular weight excluding hydrogens is 405 g/mol. The molecule has 2 aromatic carbocycles. The molecule has 0 aliphatic heterocycles. The number of H-pyrrole nitrogens is 1. The molecule has 1 heterocycles. The molecule has 1 saturated carbocycles. The Kier molecular flexibility index (Phi) is 5.73. The second kappa shape index (κ2) is 8.36. The first-order valence-corrected chi connectivity index (χ1v) is 10.7. The molecule has 1 aliphatic rings. The van der Waals surface area contributed by atoms with E-state index in [0.29, 0.717) is 29.2 Å². The van der Waals surface area contributed by atoms with Gasteiger partial charge in [0, 0.05) is 34.9 Å². The summed E-state index contributed by atoms with van der Waals surface area (Å²) in [7, 11) is 3.46. The minimum atomic E-state index is -0.272. The van der Waals surface area contributed by atoms with Crippen LogP contribution in [0.2, 0.25) is 0 Å². The highest BCUT2D eigenvalue weighted by Crippen LogP contribution is 2.39. The Morgan fingerprint density at radius 2 is 2.00 bits per heavy atom. The number of aryl methyl sites for hydroxylation is 2. The minimum absolute atomic E-state index is 0.224. The van der Waals surface area contributed by atoms with Crippen LogP contribution in [0.15, 0.2) is 49.1 Å². The summed E-state index contributed by atoms with van der Waals surface area (Å²) in [5.41, 5.74) is 10.8. The summed E-state index contributed by atoms with van der Waals surface area (Å²) in [5, 5.41) is 0.568. The molecule has 6 heteroatoms. The predicted molar refractivity (Wildman–Crippen MR) is 129 cm³/mol. The molecule has 0 radical (unpaired) electrons. The molecule has 4 rings (SSSR count). The van der Waals surface area contributed by atoms with Crippen LogP contribution in [0.3, 0.4) is 0 Å². The number of benzene rings is 2. The lowest BCUT2D eigenvalue weighted by atomic mass is 10.0. The van der Waals surface area contributed by atoms with Crippen molar-refractivity contribution in [3.05, 3.63) is 71.7 Å². The Morgan fingerprint density at radius 3 is 2.66 bits per heavy atom. The number of anilines is 1. The number of nitrogens with two attached hydrogens (primary N) is 1. The van der Waals surface area contributed by atoms with Gasteiger partial charge in [0.05, 0.1) is 18.3 Å². The molecule has 1 aromatic heterocycles. The molecule has 1 aliphatic carbocycles. The highest BCUT2D eigenvalue weighted by atomic mass is 19.1. The molecule has 1 fully saturated rings. The van der Waals surface area contributed by atoms with E-state index < -0.39 is 0 Å². The standard InChI is InChI=1S/C26H30FN3O2/c1-6-7-21(30(4)22-9-8-20-19(25(22)27)13-17(3)29-20)18-14-23(31-5)24(12-16(18)2)32-15-26(28)10-11-26/h6-9,12-14,29H,1,10-11,15,28H2,2-5H3/b21-7+. The lowest BCUT2D eigenvalue weighted by Crippen LogP contribution is -2.29. The van der Waals surface area contributed by atoms with Crippen LogP contribution in [-0.2, 0) is 0 Å². The Balaban J connectivity index is 1.73. The lowest BCUT2D eigenvalue weighted by Gasteiger charge is -2.26. The van der Waals surface area contributed by atoms with E-state index in [4.69, 9.17) is 15.2 Å². The largest absolute Gasteiger partial charge is 0.493 e. The monoisotopic (exact) mass is 435 g/mol. The zero-order chi connectivity index (χ0) is 23.0. The van der Waals surface area contributed by atoms with Gasteiger partial charge in [-0.05, 0) is 68.7 Å². The smallest absolute Gasteiger partial charge is 0.161 e. The third-order valence-electron chi connectivity index (χ3n) is 6.04. The normalized spacial score (nSPS) is 15.0. The van der Waals surface area contributed by atoms with E-state index in [2.05, 4.69) is 11.6 Å². The zero-order valence-corrected chi connectivity index (χ0v) is 19.1. The number of aromatic amines is 1. The number of ether oxygens (including phenoxy) is 2. The molecule has 168 valence electrons. The molecule has 32 heavy (non-hydrogen) atoms. The number of hydrogen-bond acceptors (Lipinski definition) is 4. The van der Waals surface area contributed by atoms with Crippen molar-refractivity contribution in [2.75, 3.05) is 25.7 Å². The van der Waals surface area contributed by atoms with Gasteiger partial charge in [-0.2, -0.15) is 0 Å². The maximum absolute atomic E-state index is 15.4. The molecule has 0 spiro atoms. The molecule has 3 aromatic rings. The van der Waals surface area contributed by atoms with Crippen molar-refractivity contribution in [2.24, 2.45) is 5.73 Å². The predicted octanol–water partition coefficient (Wildman–Crippen LogP) is 5.47. The maximum Gasteiger partial charge on any atom is 0.161 e. The van der Waals surface area contributed by atoms with Crippen molar-refractivity contribution in [2.45, 2.75) is 32.2 Å². The van der Waals surface area contributed by atoms with Crippen molar-refractivity contribution >= 4 is 22.3 Å². The topological polar surface area (TPSA) is 63.5 Å². The van der Waals surface area contributed by atoms with Crippen LogP contribution < -0.4 is 20.1 Å². The third kappa shape index (κ3) is 4.10. The number of allylic oxidation sites excluding steroid dienone is 2. The summed E-state index contributed by atoms with van der Waals surface area (Å²) in [5.74, 6) is 0.989. The van der Waals surface area contributed by atoms with Crippen LogP contribution in [0.1, 0.15) is 29.7 Å². The van der Waals surface area contributed by atoms with Crippen molar-refractivity contribution in [1.82, 2.24) is 4.98 Å². The Morgan fingerprint density at radius 1 is 1.25 bits per heavy atom. The number of nitrogens with zero attached hydrogens (tertiary/aromatic N) is 1. The third-order valence-corrected chi connectivity index (χ3v) is 6.04. The van der Waals surface area contributed by atoms with Gasteiger partial charge >= 0.3 is 0 Å². The zero-order valence-electron chi connectivity index (χ0n) is 19.1. The van der Waals surface area contributed by atoms with Gasteiger partial charge < -0.3 is 25.1 Å². The van der Waals surface area contributed by atoms with E-state index in [-0.39, 0.29) is 11.4 Å². The van der Waals surface area contributed by atoms with Crippen LogP contribution >= 0.6 is 0 Å². The van der Waals surface area contributed by atoms with Crippen molar-refractivity contribution in [1.29, 1.82) is 0 Å². The number of methoxy groups -OCH3 is 1. The molecular formula is C26H30FN3O2. The lowest BCUT2D eigenvalue weighted by molar-refractivity contribution is 0.264. The summed E-state index contributed by atoms with van der Waals surface area (Å²) < 4.78 is 27.0. The number of rotatable bonds is 8. The molecule has 0 unspecified atom stereocenters. The van der Waals surface area contributed by atoms with E-state index in [0.717, 1.165) is 40.9 Å². The molecule has 5 nitrogen and oxygen atoms in total. The quantitative estimate of drug-likeness (QED) is 0.461. The van der Waals surface area contributed by atoms with Crippen LogP contribution in [0.5, 0.6) is 11.5 Å². The van der Waals surface area contributed by atoms with Gasteiger partial charge in [-0.25, -0.2) is 4.39 Å². The van der Waals surface area contributed by atoms with Crippen LogP contribution in [0.4, 0.5) is 10.1 Å². The fourth-order valence-electron chi connectivity index (χ4n) is 3.92. The maximum atomic E-state index is 15.4. The highest BCUT2D eigenvalue weighted by molar-refractivity contribution is 5.89. The summed E-state index contributed by atoms with van der Waals surface area (Å²) >= 11 is 0. The number of hydrogen-bond donors (Lipinski definition) is 2. The van der Waals surface area contributed by atoms with E-state index in [1.54, 1.807) is 19.3 Å². The fraction of sp³-hybridized carbons (Fsp3) is 0.308. The second-order valence-electron chi connectivity index (χ2n) is 8.63. The van der Waals surface area contributed by atoms with Gasteiger partial charge in [0.25, 0.3) is 0 Å².